The standard InChI is InChI=1S/C19H16F2N4O2S2/c1-25(2)11-22-18-23-24-19(29-18)28-10-12-6-8-13(9-7-12)17(26)27-16-14(20)4-3-5-15(16)21/h3-9,11H,10H2,1-2H3/b22-11+. The molecule has 0 aliphatic carbocycles. The van der Waals surface area contributed by atoms with E-state index in [-0.39, 0.29) is 5.56 Å². The predicted molar refractivity (Wildman–Crippen MR) is 109 cm³/mol. The largest absolute Gasteiger partial charge is 0.417 e. The molecule has 1 heterocycles. The highest BCUT2D eigenvalue weighted by Gasteiger charge is 2.16. The van der Waals surface area contributed by atoms with Gasteiger partial charge in [-0.15, -0.1) is 10.2 Å². The van der Waals surface area contributed by atoms with Gasteiger partial charge < -0.3 is 9.64 Å². The van der Waals surface area contributed by atoms with Gasteiger partial charge in [0.2, 0.25) is 10.9 Å². The first-order valence-electron chi connectivity index (χ1n) is 8.34. The first kappa shape index (κ1) is 20.9. The van der Waals surface area contributed by atoms with Gasteiger partial charge in [-0.2, -0.15) is 0 Å². The van der Waals surface area contributed by atoms with Gasteiger partial charge in [0.25, 0.3) is 0 Å². The van der Waals surface area contributed by atoms with Crippen LogP contribution in [0.2, 0.25) is 0 Å². The van der Waals surface area contributed by atoms with Crippen molar-refractivity contribution in [1.82, 2.24) is 15.1 Å². The van der Waals surface area contributed by atoms with Crippen LogP contribution in [0, 0.1) is 11.6 Å². The van der Waals surface area contributed by atoms with Crippen molar-refractivity contribution < 1.29 is 18.3 Å². The first-order chi connectivity index (χ1) is 13.9. The maximum Gasteiger partial charge on any atom is 0.343 e. The Morgan fingerprint density at radius 2 is 1.86 bits per heavy atom. The third-order valence-electron chi connectivity index (χ3n) is 3.46. The Hall–Kier alpha value is -2.85. The molecular weight excluding hydrogens is 418 g/mol. The second-order valence-electron chi connectivity index (χ2n) is 5.98. The Labute approximate surface area is 174 Å². The third-order valence-corrected chi connectivity index (χ3v) is 5.50. The van der Waals surface area contributed by atoms with Gasteiger partial charge in [0.15, 0.2) is 16.0 Å². The normalized spacial score (nSPS) is 11.0. The molecule has 150 valence electrons. The molecule has 0 amide bonds. The lowest BCUT2D eigenvalue weighted by Crippen LogP contribution is -2.10. The maximum absolute atomic E-state index is 13.6. The number of hydrogen-bond donors (Lipinski definition) is 0. The molecule has 3 aromatic rings. The lowest BCUT2D eigenvalue weighted by atomic mass is 10.1. The van der Waals surface area contributed by atoms with Crippen LogP contribution in [0.3, 0.4) is 0 Å². The summed E-state index contributed by atoms with van der Waals surface area (Å²) in [5.74, 6) is -2.79. The summed E-state index contributed by atoms with van der Waals surface area (Å²) < 4.78 is 32.8. The Balaban J connectivity index is 1.58. The van der Waals surface area contributed by atoms with Gasteiger partial charge in [-0.1, -0.05) is 41.3 Å². The second-order valence-corrected chi connectivity index (χ2v) is 8.16. The topological polar surface area (TPSA) is 67.7 Å². The number of thioether (sulfide) groups is 1. The number of carbonyl (C=O) groups is 1. The van der Waals surface area contributed by atoms with E-state index in [0.717, 1.165) is 22.0 Å². The number of carbonyl (C=O) groups excluding carboxylic acids is 1. The molecule has 0 fully saturated rings. The fraction of sp³-hybridized carbons (Fsp3) is 0.158. The van der Waals surface area contributed by atoms with Crippen LogP contribution in [0.5, 0.6) is 5.75 Å². The quantitative estimate of drug-likeness (QED) is 0.179. The summed E-state index contributed by atoms with van der Waals surface area (Å²) >= 11 is 2.87. The lowest BCUT2D eigenvalue weighted by molar-refractivity contribution is 0.0720. The van der Waals surface area contributed by atoms with E-state index in [2.05, 4.69) is 15.2 Å². The van der Waals surface area contributed by atoms with E-state index < -0.39 is 23.4 Å². The zero-order chi connectivity index (χ0) is 20.8. The smallest absolute Gasteiger partial charge is 0.343 e. The van der Waals surface area contributed by atoms with Crippen molar-refractivity contribution in [1.29, 1.82) is 0 Å². The molecule has 10 heteroatoms. The van der Waals surface area contributed by atoms with E-state index in [1.165, 1.54) is 29.2 Å². The van der Waals surface area contributed by atoms with Gasteiger partial charge in [0, 0.05) is 19.8 Å². The van der Waals surface area contributed by atoms with Crippen LogP contribution in [-0.2, 0) is 5.75 Å². The fourth-order valence-corrected chi connectivity index (χ4v) is 3.73. The summed E-state index contributed by atoms with van der Waals surface area (Å²) in [5, 5.41) is 8.63. The number of hydrogen-bond acceptors (Lipinski definition) is 7. The number of aromatic nitrogens is 2. The molecule has 0 aliphatic heterocycles. The molecule has 0 unspecified atom stereocenters. The van der Waals surface area contributed by atoms with Crippen molar-refractivity contribution in [2.75, 3.05) is 14.1 Å². The molecule has 0 saturated carbocycles. The summed E-state index contributed by atoms with van der Waals surface area (Å²) in [6.07, 6.45) is 1.65. The van der Waals surface area contributed by atoms with E-state index in [4.69, 9.17) is 4.74 Å². The van der Waals surface area contributed by atoms with Gasteiger partial charge in [0.05, 0.1) is 11.9 Å². The Bertz CT molecular complexity index is 1000. The van der Waals surface area contributed by atoms with Crippen molar-refractivity contribution in [2.45, 2.75) is 10.1 Å². The van der Waals surface area contributed by atoms with Gasteiger partial charge in [-0.25, -0.2) is 18.6 Å². The van der Waals surface area contributed by atoms with Gasteiger partial charge in [-0.05, 0) is 29.8 Å². The predicted octanol–water partition coefficient (Wildman–Crippen LogP) is 4.55. The van der Waals surface area contributed by atoms with Crippen molar-refractivity contribution in [2.24, 2.45) is 4.99 Å². The summed E-state index contributed by atoms with van der Waals surface area (Å²) in [6.45, 7) is 0. The van der Waals surface area contributed by atoms with E-state index in [0.29, 0.717) is 10.9 Å². The van der Waals surface area contributed by atoms with Crippen LogP contribution in [0.4, 0.5) is 13.9 Å². The number of nitrogens with zero attached hydrogens (tertiary/aromatic N) is 4. The number of aliphatic imine (C=N–C) groups is 1. The minimum atomic E-state index is -0.933. The Kier molecular flexibility index (Phi) is 6.89. The van der Waals surface area contributed by atoms with Crippen molar-refractivity contribution >= 4 is 40.5 Å². The molecule has 0 radical (unpaired) electrons. The molecule has 0 N–H and O–H groups in total. The molecule has 1 aromatic heterocycles. The number of ether oxygens (including phenoxy) is 1. The second kappa shape index (κ2) is 9.57. The van der Waals surface area contributed by atoms with Gasteiger partial charge >= 0.3 is 5.97 Å². The summed E-state index contributed by atoms with van der Waals surface area (Å²) in [4.78, 5) is 18.1. The molecule has 29 heavy (non-hydrogen) atoms. The molecule has 0 spiro atoms. The molecule has 0 saturated heterocycles. The lowest BCUT2D eigenvalue weighted by Gasteiger charge is -2.07. The highest BCUT2D eigenvalue weighted by Crippen LogP contribution is 2.29. The summed E-state index contributed by atoms with van der Waals surface area (Å²) in [7, 11) is 3.74. The van der Waals surface area contributed by atoms with E-state index >= 15 is 0 Å². The van der Waals surface area contributed by atoms with Crippen LogP contribution in [0.1, 0.15) is 15.9 Å². The van der Waals surface area contributed by atoms with Crippen molar-refractivity contribution in [3.63, 3.8) is 0 Å². The van der Waals surface area contributed by atoms with Crippen LogP contribution in [-0.4, -0.2) is 41.5 Å². The number of para-hydroxylation sites is 1. The highest BCUT2D eigenvalue weighted by atomic mass is 32.2. The number of esters is 1. The minimum absolute atomic E-state index is 0.192. The third kappa shape index (κ3) is 5.81. The van der Waals surface area contributed by atoms with Crippen LogP contribution in [0.15, 0.2) is 51.8 Å². The first-order valence-corrected chi connectivity index (χ1v) is 10.1. The number of rotatable bonds is 7. The zero-order valence-corrected chi connectivity index (χ0v) is 17.1. The molecular formula is C19H16F2N4O2S2. The van der Waals surface area contributed by atoms with Crippen LogP contribution >= 0.6 is 23.1 Å². The highest BCUT2D eigenvalue weighted by molar-refractivity contribution is 8.00. The van der Waals surface area contributed by atoms with Gasteiger partial charge in [0.1, 0.15) is 0 Å². The molecule has 0 aliphatic rings. The molecule has 6 nitrogen and oxygen atoms in total. The monoisotopic (exact) mass is 434 g/mol. The fourth-order valence-electron chi connectivity index (χ4n) is 2.09. The van der Waals surface area contributed by atoms with E-state index in [9.17, 15) is 13.6 Å². The summed E-state index contributed by atoms with van der Waals surface area (Å²) in [5.41, 5.74) is 1.13. The van der Waals surface area contributed by atoms with E-state index in [1.807, 2.05) is 14.1 Å². The van der Waals surface area contributed by atoms with Crippen LogP contribution < -0.4 is 4.74 Å². The average Bonchev–Trinajstić information content (AvgIpc) is 3.16. The molecule has 3 rings (SSSR count). The minimum Gasteiger partial charge on any atom is -0.417 e. The zero-order valence-electron chi connectivity index (χ0n) is 15.5. The summed E-state index contributed by atoms with van der Waals surface area (Å²) in [6, 6.07) is 9.83. The van der Waals surface area contributed by atoms with Crippen LogP contribution in [0.25, 0.3) is 0 Å². The molecule has 0 atom stereocenters. The Morgan fingerprint density at radius 1 is 1.17 bits per heavy atom. The maximum atomic E-state index is 13.6. The molecule has 2 aromatic carbocycles. The number of benzene rings is 2. The van der Waals surface area contributed by atoms with Crippen molar-refractivity contribution in [3.8, 4) is 5.75 Å². The van der Waals surface area contributed by atoms with E-state index in [1.54, 1.807) is 35.5 Å². The Morgan fingerprint density at radius 3 is 2.52 bits per heavy atom. The molecule has 0 bridgehead atoms. The van der Waals surface area contributed by atoms with Crippen molar-refractivity contribution in [3.05, 3.63) is 65.2 Å². The number of halogens is 2. The average molecular weight is 434 g/mol. The van der Waals surface area contributed by atoms with Gasteiger partial charge in [-0.3, -0.25) is 0 Å². The SMILES string of the molecule is CN(C)/C=N/c1nnc(SCc2ccc(C(=O)Oc3c(F)cccc3F)cc2)s1.